The van der Waals surface area contributed by atoms with E-state index >= 15 is 0 Å². The molecule has 1 aliphatic rings. The average Bonchev–Trinajstić information content (AvgIpc) is 2.47. The molecule has 2 radical (unpaired) electrons. The van der Waals surface area contributed by atoms with Crippen molar-refractivity contribution >= 4 is 26.1 Å². The largest absolute Gasteiger partial charge is 0.801 e. The predicted molar refractivity (Wildman–Crippen MR) is 62.0 cm³/mol. The Kier molecular flexibility index (Phi) is 5.39. The first-order chi connectivity index (χ1) is 7.41. The third-order valence-electron chi connectivity index (χ3n) is 2.37. The van der Waals surface area contributed by atoms with Gasteiger partial charge in [0.1, 0.15) is 26.2 Å². The van der Waals surface area contributed by atoms with Gasteiger partial charge in [0.05, 0.1) is 6.61 Å². The summed E-state index contributed by atoms with van der Waals surface area (Å²) in [6.07, 6.45) is -2.15. The maximum Gasteiger partial charge on any atom is 0.117 e. The molecule has 5 atom stereocenters. The van der Waals surface area contributed by atoms with Gasteiger partial charge in [-0.25, -0.2) is 0 Å². The molecule has 0 aromatic rings. The van der Waals surface area contributed by atoms with Gasteiger partial charge in [-0.05, 0) is 12.7 Å². The van der Waals surface area contributed by atoms with Gasteiger partial charge in [0.25, 0.3) is 0 Å². The van der Waals surface area contributed by atoms with Crippen molar-refractivity contribution in [1.82, 2.24) is 0 Å². The molecule has 0 bridgehead atoms. The van der Waals surface area contributed by atoms with Crippen molar-refractivity contribution < 1.29 is 24.0 Å². The van der Waals surface area contributed by atoms with Gasteiger partial charge < -0.3 is 24.0 Å². The highest BCUT2D eigenvalue weighted by Gasteiger charge is 2.42. The minimum atomic E-state index is -3.12. The average molecular weight is 265 g/mol. The standard InChI is InChI=1S/C8H16BO5PS/c1-3-15(11,16)14-7-5(4-12-2)13-8(9)6(7)10/h5-8,10H,3-4H2,1-2H3,(H,11,16)/p-1/t5-,6+,7?,8-,15?/m1/s1. The summed E-state index contributed by atoms with van der Waals surface area (Å²) in [5, 5.41) is 9.72. The smallest absolute Gasteiger partial charge is 0.117 e. The van der Waals surface area contributed by atoms with E-state index in [-0.39, 0.29) is 12.8 Å². The van der Waals surface area contributed by atoms with E-state index in [1.807, 2.05) is 0 Å². The Morgan fingerprint density at radius 3 is 2.75 bits per heavy atom. The van der Waals surface area contributed by atoms with Crippen molar-refractivity contribution in [1.29, 1.82) is 0 Å². The number of hydrogen-bond donors (Lipinski definition) is 1. The Balaban J connectivity index is 2.70. The van der Waals surface area contributed by atoms with Gasteiger partial charge in [-0.15, -0.1) is 0 Å². The fourth-order valence-electron chi connectivity index (χ4n) is 1.46. The summed E-state index contributed by atoms with van der Waals surface area (Å²) in [6.45, 7) is -1.24. The van der Waals surface area contributed by atoms with Gasteiger partial charge in [-0.2, -0.15) is 0 Å². The normalized spacial score (nSPS) is 38.5. The fraction of sp³-hybridized carbons (Fsp3) is 1.00. The summed E-state index contributed by atoms with van der Waals surface area (Å²) < 4.78 is 15.4. The third kappa shape index (κ3) is 3.50. The molecule has 0 amide bonds. The number of methoxy groups -OCH3 is 1. The lowest BCUT2D eigenvalue weighted by Crippen LogP contribution is -2.37. The highest BCUT2D eigenvalue weighted by molar-refractivity contribution is 8.08. The van der Waals surface area contributed by atoms with E-state index in [9.17, 15) is 10.00 Å². The molecule has 1 N–H and O–H groups in total. The Morgan fingerprint density at radius 2 is 2.25 bits per heavy atom. The summed E-state index contributed by atoms with van der Waals surface area (Å²) in [6, 6.07) is -0.864. The van der Waals surface area contributed by atoms with Crippen LogP contribution in [-0.4, -0.2) is 57.1 Å². The zero-order valence-electron chi connectivity index (χ0n) is 9.24. The number of aliphatic hydroxyl groups excluding tert-OH is 1. The monoisotopic (exact) mass is 265 g/mol. The Hall–Kier alpha value is 0.515. The molecular weight excluding hydrogens is 250 g/mol. The summed E-state index contributed by atoms with van der Waals surface area (Å²) in [7, 11) is 7.01. The van der Waals surface area contributed by atoms with Crippen LogP contribution in [0.15, 0.2) is 0 Å². The number of ether oxygens (including phenoxy) is 2. The van der Waals surface area contributed by atoms with Crippen LogP contribution in [0.25, 0.3) is 0 Å². The van der Waals surface area contributed by atoms with Crippen molar-refractivity contribution in [2.24, 2.45) is 0 Å². The SMILES string of the molecule is [B][C@@H]1O[C@H](COC)C(OP([O-])(=S)CC)[C@@H]1O. The van der Waals surface area contributed by atoms with E-state index < -0.39 is 30.8 Å². The highest BCUT2D eigenvalue weighted by Crippen LogP contribution is 2.41. The third-order valence-corrected chi connectivity index (χ3v) is 4.74. The van der Waals surface area contributed by atoms with E-state index in [4.69, 9.17) is 33.7 Å². The van der Waals surface area contributed by atoms with Crippen molar-refractivity contribution in [2.45, 2.75) is 31.2 Å². The lowest BCUT2D eigenvalue weighted by Gasteiger charge is -2.33. The molecule has 5 nitrogen and oxygen atoms in total. The molecule has 1 fully saturated rings. The molecule has 0 aromatic heterocycles. The van der Waals surface area contributed by atoms with Gasteiger partial charge in [-0.3, -0.25) is 0 Å². The lowest BCUT2D eigenvalue weighted by atomic mass is 9.93. The van der Waals surface area contributed by atoms with E-state index in [0.717, 1.165) is 0 Å². The molecule has 2 unspecified atom stereocenters. The predicted octanol–water partition coefficient (Wildman–Crippen LogP) is -1.04. The second-order valence-electron chi connectivity index (χ2n) is 3.58. The highest BCUT2D eigenvalue weighted by atomic mass is 32.5. The molecule has 0 spiro atoms. The van der Waals surface area contributed by atoms with E-state index in [2.05, 4.69) is 0 Å². The van der Waals surface area contributed by atoms with Crippen molar-refractivity contribution in [2.75, 3.05) is 19.9 Å². The molecule has 1 heterocycles. The van der Waals surface area contributed by atoms with Crippen LogP contribution in [-0.2, 0) is 25.8 Å². The second kappa shape index (κ2) is 5.91. The zero-order valence-corrected chi connectivity index (χ0v) is 10.9. The van der Waals surface area contributed by atoms with Crippen LogP contribution < -0.4 is 4.89 Å². The van der Waals surface area contributed by atoms with E-state index in [1.54, 1.807) is 6.92 Å². The maximum atomic E-state index is 11.7. The zero-order chi connectivity index (χ0) is 12.3. The maximum absolute atomic E-state index is 11.7. The molecule has 1 rings (SSSR count). The first kappa shape index (κ1) is 14.6. The molecule has 16 heavy (non-hydrogen) atoms. The molecule has 92 valence electrons. The van der Waals surface area contributed by atoms with Gasteiger partial charge in [0, 0.05) is 13.1 Å². The molecule has 1 saturated heterocycles. The van der Waals surface area contributed by atoms with E-state index in [0.29, 0.717) is 0 Å². The first-order valence-electron chi connectivity index (χ1n) is 4.97. The molecule has 1 aliphatic heterocycles. The van der Waals surface area contributed by atoms with Crippen molar-refractivity contribution in [3.05, 3.63) is 0 Å². The van der Waals surface area contributed by atoms with Crippen LogP contribution in [0.1, 0.15) is 6.92 Å². The first-order valence-corrected chi connectivity index (χ1v) is 7.80. The molecular formula is C8H15BO5PS-. The lowest BCUT2D eigenvalue weighted by molar-refractivity contribution is -0.190. The van der Waals surface area contributed by atoms with Crippen LogP contribution in [0.4, 0.5) is 0 Å². The van der Waals surface area contributed by atoms with Crippen LogP contribution in [0.3, 0.4) is 0 Å². The Labute approximate surface area is 102 Å². The quantitative estimate of drug-likeness (QED) is 0.506. The minimum absolute atomic E-state index is 0.203. The number of aliphatic hydroxyl groups is 1. The minimum Gasteiger partial charge on any atom is -0.801 e. The molecule has 8 heteroatoms. The van der Waals surface area contributed by atoms with Crippen LogP contribution in [0.5, 0.6) is 0 Å². The number of rotatable bonds is 5. The Bertz CT molecular complexity index is 279. The number of hydrogen-bond acceptors (Lipinski definition) is 6. The second-order valence-corrected chi connectivity index (χ2v) is 7.32. The van der Waals surface area contributed by atoms with Crippen molar-refractivity contribution in [3.63, 3.8) is 0 Å². The molecule has 0 aliphatic carbocycles. The fourth-order valence-corrected chi connectivity index (χ4v) is 2.53. The summed E-state index contributed by atoms with van der Waals surface area (Å²) in [5.41, 5.74) is 0. The topological polar surface area (TPSA) is 71.0 Å². The van der Waals surface area contributed by atoms with E-state index in [1.165, 1.54) is 7.11 Å². The van der Waals surface area contributed by atoms with Gasteiger partial charge in [0.15, 0.2) is 0 Å². The van der Waals surface area contributed by atoms with Crippen LogP contribution in [0.2, 0.25) is 0 Å². The van der Waals surface area contributed by atoms with Gasteiger partial charge >= 0.3 is 0 Å². The van der Waals surface area contributed by atoms with Crippen LogP contribution >= 0.6 is 6.49 Å². The summed E-state index contributed by atoms with van der Waals surface area (Å²) >= 11 is 4.79. The van der Waals surface area contributed by atoms with Crippen molar-refractivity contribution in [3.8, 4) is 0 Å². The van der Waals surface area contributed by atoms with Crippen LogP contribution in [0, 0.1) is 0 Å². The molecule has 0 aromatic carbocycles. The van der Waals surface area contributed by atoms with Gasteiger partial charge in [0.2, 0.25) is 0 Å². The van der Waals surface area contributed by atoms with Gasteiger partial charge in [-0.1, -0.05) is 18.7 Å². The Morgan fingerprint density at radius 1 is 1.62 bits per heavy atom. The summed E-state index contributed by atoms with van der Waals surface area (Å²) in [5.74, 6) is 0. The summed E-state index contributed by atoms with van der Waals surface area (Å²) in [4.78, 5) is 11.7. The molecule has 0 saturated carbocycles.